The van der Waals surface area contributed by atoms with Gasteiger partial charge in [-0.05, 0) is 77.4 Å². The molecule has 0 aliphatic carbocycles. The predicted molar refractivity (Wildman–Crippen MR) is 165 cm³/mol. The molecule has 0 radical (unpaired) electrons. The van der Waals surface area contributed by atoms with Crippen molar-refractivity contribution in [3.8, 4) is 17.2 Å². The molecule has 0 bridgehead atoms. The highest BCUT2D eigenvalue weighted by atomic mass is 16.6. The minimum Gasteiger partial charge on any atom is -0.497 e. The molecular formula is C34H35N3O6. The summed E-state index contributed by atoms with van der Waals surface area (Å²) in [6.45, 7) is 1.51. The van der Waals surface area contributed by atoms with Gasteiger partial charge in [0.2, 0.25) is 0 Å². The van der Waals surface area contributed by atoms with E-state index in [1.54, 1.807) is 27.4 Å². The molecular weight excluding hydrogens is 546 g/mol. The van der Waals surface area contributed by atoms with E-state index < -0.39 is 4.92 Å². The second kappa shape index (κ2) is 13.3. The first-order chi connectivity index (χ1) is 20.9. The van der Waals surface area contributed by atoms with Crippen LogP contribution >= 0.6 is 0 Å². The molecule has 9 nitrogen and oxygen atoms in total. The number of nitrogens with zero attached hydrogens (tertiary/aromatic N) is 2. The number of methoxy groups -OCH3 is 3. The average Bonchev–Trinajstić information content (AvgIpc) is 3.05. The van der Waals surface area contributed by atoms with E-state index in [9.17, 15) is 14.9 Å². The third-order valence-electron chi connectivity index (χ3n) is 7.88. The number of ether oxygens (including phenoxy) is 3. The maximum absolute atomic E-state index is 13.8. The molecule has 0 aromatic heterocycles. The third-order valence-corrected chi connectivity index (χ3v) is 7.88. The summed E-state index contributed by atoms with van der Waals surface area (Å²) in [5, 5.41) is 15.1. The molecule has 1 atom stereocenters. The third kappa shape index (κ3) is 6.89. The van der Waals surface area contributed by atoms with Crippen LogP contribution in [0, 0.1) is 10.1 Å². The average molecular weight is 582 g/mol. The van der Waals surface area contributed by atoms with Crippen LogP contribution in [0.4, 0.5) is 11.4 Å². The zero-order valence-electron chi connectivity index (χ0n) is 24.5. The van der Waals surface area contributed by atoms with Gasteiger partial charge in [0, 0.05) is 37.5 Å². The number of non-ortho nitro benzene ring substituents is 1. The van der Waals surface area contributed by atoms with Crippen molar-refractivity contribution in [1.29, 1.82) is 0 Å². The highest BCUT2D eigenvalue weighted by molar-refractivity contribution is 5.98. The molecule has 4 aromatic carbocycles. The number of nitro benzene ring substituents is 1. The van der Waals surface area contributed by atoms with E-state index >= 15 is 0 Å². The molecule has 1 N–H and O–H groups in total. The van der Waals surface area contributed by atoms with E-state index in [4.69, 9.17) is 14.2 Å². The highest BCUT2D eigenvalue weighted by Crippen LogP contribution is 2.43. The fraction of sp³-hybridized carbons (Fsp3) is 0.265. The number of hydrogen-bond acceptors (Lipinski definition) is 7. The summed E-state index contributed by atoms with van der Waals surface area (Å²) in [5.74, 6) is 1.89. The second-order valence-corrected chi connectivity index (χ2v) is 10.5. The minimum atomic E-state index is -0.431. The molecule has 1 amide bonds. The quantitative estimate of drug-likeness (QED) is 0.164. The zero-order valence-corrected chi connectivity index (χ0v) is 24.5. The molecule has 0 saturated carbocycles. The minimum absolute atomic E-state index is 0.0157. The topological polar surface area (TPSA) is 103 Å². The van der Waals surface area contributed by atoms with Gasteiger partial charge in [-0.1, -0.05) is 36.4 Å². The number of carbonyl (C=O) groups excluding carboxylic acids is 1. The van der Waals surface area contributed by atoms with Gasteiger partial charge in [-0.15, -0.1) is 0 Å². The van der Waals surface area contributed by atoms with E-state index in [-0.39, 0.29) is 24.1 Å². The Kier molecular flexibility index (Phi) is 9.10. The monoisotopic (exact) mass is 581 g/mol. The molecule has 4 aromatic rings. The van der Waals surface area contributed by atoms with Crippen molar-refractivity contribution >= 4 is 17.3 Å². The van der Waals surface area contributed by atoms with Gasteiger partial charge in [0.25, 0.3) is 11.6 Å². The van der Waals surface area contributed by atoms with E-state index in [0.29, 0.717) is 30.8 Å². The first kappa shape index (κ1) is 29.4. The Morgan fingerprint density at radius 1 is 0.837 bits per heavy atom. The van der Waals surface area contributed by atoms with Gasteiger partial charge in [0.15, 0.2) is 0 Å². The van der Waals surface area contributed by atoms with Crippen LogP contribution in [0.2, 0.25) is 0 Å². The number of benzene rings is 4. The predicted octanol–water partition coefficient (Wildman–Crippen LogP) is 6.29. The van der Waals surface area contributed by atoms with Crippen LogP contribution in [0.15, 0.2) is 84.9 Å². The Bertz CT molecular complexity index is 1570. The van der Waals surface area contributed by atoms with Crippen molar-refractivity contribution in [3.63, 3.8) is 0 Å². The molecule has 1 unspecified atom stereocenters. The summed E-state index contributed by atoms with van der Waals surface area (Å²) in [6.07, 6.45) is 1.47. The lowest BCUT2D eigenvalue weighted by Crippen LogP contribution is -2.34. The summed E-state index contributed by atoms with van der Waals surface area (Å²) in [5.41, 5.74) is 4.79. The molecule has 0 saturated heterocycles. The second-order valence-electron chi connectivity index (χ2n) is 10.5. The summed E-state index contributed by atoms with van der Waals surface area (Å²) in [7, 11) is 4.86. The number of nitro groups is 1. The lowest BCUT2D eigenvalue weighted by atomic mass is 9.81. The van der Waals surface area contributed by atoms with Crippen LogP contribution in [0.25, 0.3) is 0 Å². The van der Waals surface area contributed by atoms with Crippen LogP contribution in [0.1, 0.15) is 45.0 Å². The molecule has 1 heterocycles. The van der Waals surface area contributed by atoms with Crippen LogP contribution < -0.4 is 24.4 Å². The van der Waals surface area contributed by atoms with E-state index in [1.807, 2.05) is 72.8 Å². The molecule has 222 valence electrons. The van der Waals surface area contributed by atoms with Crippen LogP contribution in [0.5, 0.6) is 17.2 Å². The first-order valence-electron chi connectivity index (χ1n) is 14.1. The Labute approximate surface area is 251 Å². The Hall–Kier alpha value is -5.05. The molecule has 43 heavy (non-hydrogen) atoms. The maximum atomic E-state index is 13.8. The summed E-state index contributed by atoms with van der Waals surface area (Å²) < 4.78 is 15.9. The van der Waals surface area contributed by atoms with Crippen molar-refractivity contribution < 1.29 is 23.9 Å². The Morgan fingerprint density at radius 3 is 1.91 bits per heavy atom. The highest BCUT2D eigenvalue weighted by Gasteiger charge is 2.32. The molecule has 9 heteroatoms. The van der Waals surface area contributed by atoms with Gasteiger partial charge in [-0.25, -0.2) is 0 Å². The molecule has 1 aliphatic rings. The van der Waals surface area contributed by atoms with Gasteiger partial charge in [0.05, 0.1) is 31.8 Å². The number of fused-ring (bicyclic) bond motifs is 1. The maximum Gasteiger partial charge on any atom is 0.272 e. The number of amides is 1. The van der Waals surface area contributed by atoms with Gasteiger partial charge in [-0.2, -0.15) is 0 Å². The molecule has 1 aliphatic heterocycles. The number of carbonyl (C=O) groups is 1. The van der Waals surface area contributed by atoms with Gasteiger partial charge >= 0.3 is 0 Å². The first-order valence-corrected chi connectivity index (χ1v) is 14.1. The van der Waals surface area contributed by atoms with Gasteiger partial charge in [-0.3, -0.25) is 14.9 Å². The summed E-state index contributed by atoms with van der Waals surface area (Å²) in [4.78, 5) is 27.6. The van der Waals surface area contributed by atoms with Crippen LogP contribution in [-0.2, 0) is 19.5 Å². The van der Waals surface area contributed by atoms with Gasteiger partial charge in [0.1, 0.15) is 17.2 Å². The largest absolute Gasteiger partial charge is 0.497 e. The number of rotatable bonds is 11. The van der Waals surface area contributed by atoms with Crippen LogP contribution in [0.3, 0.4) is 0 Å². The smallest absolute Gasteiger partial charge is 0.272 e. The van der Waals surface area contributed by atoms with E-state index in [2.05, 4.69) is 10.2 Å². The number of anilines is 1. The fourth-order valence-corrected chi connectivity index (χ4v) is 5.57. The standard InChI is InChI=1S/C34H35N3O6/c1-41-28-10-4-23(5-11-28)18-26-16-17-36(22-25-8-14-30(43-3)15-9-25)32-20-27(37(39)40)19-31(33(26)32)34(38)35-21-24-6-12-29(42-2)13-7-24/h4-15,19-20,26H,16-18,21-22H2,1-3H3,(H,35,38). The molecule has 0 fully saturated rings. The van der Waals surface area contributed by atoms with E-state index in [0.717, 1.165) is 45.9 Å². The lowest BCUT2D eigenvalue weighted by Gasteiger charge is -2.37. The fourth-order valence-electron chi connectivity index (χ4n) is 5.57. The van der Waals surface area contributed by atoms with Gasteiger partial charge < -0.3 is 24.4 Å². The Morgan fingerprint density at radius 2 is 1.37 bits per heavy atom. The SMILES string of the molecule is COc1ccc(CNC(=O)c2cc([N+](=O)[O-])cc3c2C(Cc2ccc(OC)cc2)CCN3Cc2ccc(OC)cc2)cc1. The normalized spacial score (nSPS) is 14.0. The Balaban J connectivity index is 1.52. The summed E-state index contributed by atoms with van der Waals surface area (Å²) >= 11 is 0. The molecule has 5 rings (SSSR count). The van der Waals surface area contributed by atoms with Crippen molar-refractivity contribution in [1.82, 2.24) is 5.32 Å². The van der Waals surface area contributed by atoms with Crippen molar-refractivity contribution in [2.45, 2.75) is 31.8 Å². The van der Waals surface area contributed by atoms with Crippen LogP contribution in [-0.4, -0.2) is 38.7 Å². The van der Waals surface area contributed by atoms with Crippen molar-refractivity contribution in [2.75, 3.05) is 32.8 Å². The van der Waals surface area contributed by atoms with E-state index in [1.165, 1.54) is 6.07 Å². The lowest BCUT2D eigenvalue weighted by molar-refractivity contribution is -0.384. The zero-order chi connectivity index (χ0) is 30.3. The summed E-state index contributed by atoms with van der Waals surface area (Å²) in [6, 6.07) is 26.1. The molecule has 0 spiro atoms. The van der Waals surface area contributed by atoms with Crippen molar-refractivity contribution in [3.05, 3.63) is 123 Å². The van der Waals surface area contributed by atoms with Crippen molar-refractivity contribution in [2.24, 2.45) is 0 Å². The number of nitrogens with one attached hydrogen (secondary N) is 1. The number of hydrogen-bond donors (Lipinski definition) is 1.